The molecular weight excluding hydrogens is 366 g/mol. The Hall–Kier alpha value is -2.71. The van der Waals surface area contributed by atoms with Crippen LogP contribution in [0.15, 0.2) is 59.5 Å². The SMILES string of the molecule is CC(=O)Nc1cccc(NC(=O)C2CCCN2S(=O)(=O)c2ccccc2)c1. The third-order valence-electron chi connectivity index (χ3n) is 4.31. The second-order valence-electron chi connectivity index (χ2n) is 6.34. The molecule has 3 rings (SSSR count). The maximum Gasteiger partial charge on any atom is 0.243 e. The molecule has 142 valence electrons. The first-order valence-electron chi connectivity index (χ1n) is 8.63. The predicted molar refractivity (Wildman–Crippen MR) is 103 cm³/mol. The summed E-state index contributed by atoms with van der Waals surface area (Å²) >= 11 is 0. The number of carbonyl (C=O) groups excluding carboxylic acids is 2. The van der Waals surface area contributed by atoms with Crippen molar-refractivity contribution in [3.63, 3.8) is 0 Å². The van der Waals surface area contributed by atoms with Crippen molar-refractivity contribution >= 4 is 33.2 Å². The highest BCUT2D eigenvalue weighted by Crippen LogP contribution is 2.27. The molecule has 1 unspecified atom stereocenters. The van der Waals surface area contributed by atoms with Gasteiger partial charge < -0.3 is 10.6 Å². The minimum atomic E-state index is -3.73. The summed E-state index contributed by atoms with van der Waals surface area (Å²) in [4.78, 5) is 24.1. The summed E-state index contributed by atoms with van der Waals surface area (Å²) in [5, 5.41) is 5.40. The fraction of sp³-hybridized carbons (Fsp3) is 0.263. The number of nitrogens with zero attached hydrogens (tertiary/aromatic N) is 1. The van der Waals surface area contributed by atoms with Crippen LogP contribution >= 0.6 is 0 Å². The average Bonchev–Trinajstić information content (AvgIpc) is 3.13. The van der Waals surface area contributed by atoms with E-state index in [2.05, 4.69) is 10.6 Å². The molecule has 2 aromatic carbocycles. The van der Waals surface area contributed by atoms with Crippen molar-refractivity contribution in [2.24, 2.45) is 0 Å². The van der Waals surface area contributed by atoms with Crippen molar-refractivity contribution in [3.05, 3.63) is 54.6 Å². The summed E-state index contributed by atoms with van der Waals surface area (Å²) in [5.74, 6) is -0.596. The second-order valence-corrected chi connectivity index (χ2v) is 8.23. The number of rotatable bonds is 5. The zero-order chi connectivity index (χ0) is 19.4. The minimum Gasteiger partial charge on any atom is -0.326 e. The lowest BCUT2D eigenvalue weighted by atomic mass is 10.2. The number of anilines is 2. The molecule has 0 spiro atoms. The Balaban J connectivity index is 1.77. The van der Waals surface area contributed by atoms with E-state index in [1.54, 1.807) is 42.5 Å². The molecule has 2 amide bonds. The van der Waals surface area contributed by atoms with Crippen LogP contribution in [0.5, 0.6) is 0 Å². The van der Waals surface area contributed by atoms with Crippen LogP contribution in [0.2, 0.25) is 0 Å². The molecule has 0 radical (unpaired) electrons. The van der Waals surface area contributed by atoms with Gasteiger partial charge >= 0.3 is 0 Å². The van der Waals surface area contributed by atoms with E-state index in [0.717, 1.165) is 0 Å². The number of hydrogen-bond donors (Lipinski definition) is 2. The number of benzene rings is 2. The Kier molecular flexibility index (Phi) is 5.57. The molecule has 0 saturated carbocycles. The minimum absolute atomic E-state index is 0.178. The Bertz CT molecular complexity index is 944. The van der Waals surface area contributed by atoms with E-state index in [0.29, 0.717) is 30.8 Å². The van der Waals surface area contributed by atoms with E-state index < -0.39 is 16.1 Å². The number of carbonyl (C=O) groups is 2. The molecule has 27 heavy (non-hydrogen) atoms. The summed E-state index contributed by atoms with van der Waals surface area (Å²) < 4.78 is 27.0. The zero-order valence-electron chi connectivity index (χ0n) is 14.9. The normalized spacial score (nSPS) is 17.4. The van der Waals surface area contributed by atoms with Gasteiger partial charge in [-0.3, -0.25) is 9.59 Å². The average molecular weight is 387 g/mol. The van der Waals surface area contributed by atoms with Crippen LogP contribution in [0, 0.1) is 0 Å². The molecule has 2 aromatic rings. The first-order valence-corrected chi connectivity index (χ1v) is 10.1. The van der Waals surface area contributed by atoms with E-state index in [1.165, 1.54) is 23.4 Å². The number of hydrogen-bond acceptors (Lipinski definition) is 4. The lowest BCUT2D eigenvalue weighted by Crippen LogP contribution is -2.43. The molecule has 2 N–H and O–H groups in total. The molecule has 1 saturated heterocycles. The quantitative estimate of drug-likeness (QED) is 0.824. The molecule has 1 atom stereocenters. The van der Waals surface area contributed by atoms with Gasteiger partial charge in [-0.15, -0.1) is 0 Å². The Morgan fingerprint density at radius 3 is 2.33 bits per heavy atom. The van der Waals surface area contributed by atoms with Gasteiger partial charge in [0.05, 0.1) is 4.90 Å². The topological polar surface area (TPSA) is 95.6 Å². The van der Waals surface area contributed by atoms with Crippen molar-refractivity contribution < 1.29 is 18.0 Å². The summed E-state index contributed by atoms with van der Waals surface area (Å²) in [6, 6.07) is 14.1. The number of amides is 2. The first kappa shape index (κ1) is 19.1. The summed E-state index contributed by atoms with van der Waals surface area (Å²) in [5.41, 5.74) is 1.05. The standard InChI is InChI=1S/C19H21N3O4S/c1-14(23)20-15-7-5-8-16(13-15)21-19(24)18-11-6-12-22(18)27(25,26)17-9-3-2-4-10-17/h2-5,7-10,13,18H,6,11-12H2,1H3,(H,20,23)(H,21,24). The lowest BCUT2D eigenvalue weighted by Gasteiger charge is -2.23. The van der Waals surface area contributed by atoms with E-state index >= 15 is 0 Å². The van der Waals surface area contributed by atoms with Gasteiger partial charge in [0.2, 0.25) is 21.8 Å². The van der Waals surface area contributed by atoms with Crippen molar-refractivity contribution in [1.82, 2.24) is 4.31 Å². The van der Waals surface area contributed by atoms with Crippen LogP contribution in [0.25, 0.3) is 0 Å². The molecule has 1 heterocycles. The first-order chi connectivity index (χ1) is 12.9. The van der Waals surface area contributed by atoms with Crippen molar-refractivity contribution in [2.45, 2.75) is 30.7 Å². The fourth-order valence-corrected chi connectivity index (χ4v) is 4.80. The second kappa shape index (κ2) is 7.89. The van der Waals surface area contributed by atoms with E-state index in [-0.39, 0.29) is 16.7 Å². The van der Waals surface area contributed by atoms with Crippen LogP contribution in [0.1, 0.15) is 19.8 Å². The molecule has 1 fully saturated rings. The molecule has 0 aliphatic carbocycles. The molecule has 0 bridgehead atoms. The van der Waals surface area contributed by atoms with Crippen LogP contribution < -0.4 is 10.6 Å². The maximum absolute atomic E-state index is 12.9. The zero-order valence-corrected chi connectivity index (χ0v) is 15.7. The highest BCUT2D eigenvalue weighted by Gasteiger charge is 2.39. The predicted octanol–water partition coefficient (Wildman–Crippen LogP) is 2.44. The van der Waals surface area contributed by atoms with Gasteiger partial charge in [0, 0.05) is 24.8 Å². The van der Waals surface area contributed by atoms with Crippen molar-refractivity contribution in [1.29, 1.82) is 0 Å². The van der Waals surface area contributed by atoms with Gasteiger partial charge in [-0.1, -0.05) is 24.3 Å². The highest BCUT2D eigenvalue weighted by molar-refractivity contribution is 7.89. The van der Waals surface area contributed by atoms with Gasteiger partial charge in [0.25, 0.3) is 0 Å². The van der Waals surface area contributed by atoms with E-state index in [4.69, 9.17) is 0 Å². The van der Waals surface area contributed by atoms with Crippen LogP contribution in [-0.4, -0.2) is 37.1 Å². The molecular formula is C19H21N3O4S. The van der Waals surface area contributed by atoms with Crippen LogP contribution in [0.3, 0.4) is 0 Å². The molecule has 0 aromatic heterocycles. The van der Waals surface area contributed by atoms with Gasteiger partial charge in [0.1, 0.15) is 6.04 Å². The molecule has 1 aliphatic rings. The fourth-order valence-electron chi connectivity index (χ4n) is 3.12. The largest absolute Gasteiger partial charge is 0.326 e. The maximum atomic E-state index is 12.9. The lowest BCUT2D eigenvalue weighted by molar-refractivity contribution is -0.119. The van der Waals surface area contributed by atoms with Crippen molar-refractivity contribution in [2.75, 3.05) is 17.2 Å². The van der Waals surface area contributed by atoms with Gasteiger partial charge in [-0.2, -0.15) is 4.31 Å². The monoisotopic (exact) mass is 387 g/mol. The van der Waals surface area contributed by atoms with Crippen molar-refractivity contribution in [3.8, 4) is 0 Å². The van der Waals surface area contributed by atoms with E-state index in [1.807, 2.05) is 0 Å². The van der Waals surface area contributed by atoms with Gasteiger partial charge in [-0.05, 0) is 43.2 Å². The Morgan fingerprint density at radius 2 is 1.67 bits per heavy atom. The summed E-state index contributed by atoms with van der Waals surface area (Å²) in [6.07, 6.45) is 1.08. The number of nitrogens with one attached hydrogen (secondary N) is 2. The third kappa shape index (κ3) is 4.35. The third-order valence-corrected chi connectivity index (χ3v) is 6.23. The summed E-state index contributed by atoms with van der Waals surface area (Å²) in [7, 11) is -3.73. The van der Waals surface area contributed by atoms with Gasteiger partial charge in [-0.25, -0.2) is 8.42 Å². The Labute approximate surface area is 158 Å². The van der Waals surface area contributed by atoms with Crippen LogP contribution in [0.4, 0.5) is 11.4 Å². The van der Waals surface area contributed by atoms with Crippen LogP contribution in [-0.2, 0) is 19.6 Å². The highest BCUT2D eigenvalue weighted by atomic mass is 32.2. The molecule has 1 aliphatic heterocycles. The molecule has 7 nitrogen and oxygen atoms in total. The number of sulfonamides is 1. The molecule has 8 heteroatoms. The smallest absolute Gasteiger partial charge is 0.243 e. The van der Waals surface area contributed by atoms with E-state index in [9.17, 15) is 18.0 Å². The Morgan fingerprint density at radius 1 is 1.00 bits per heavy atom. The van der Waals surface area contributed by atoms with Gasteiger partial charge in [0.15, 0.2) is 0 Å². The summed E-state index contributed by atoms with van der Waals surface area (Å²) in [6.45, 7) is 1.71.